The molecule has 29 heavy (non-hydrogen) atoms. The zero-order valence-electron chi connectivity index (χ0n) is 16.8. The van der Waals surface area contributed by atoms with Gasteiger partial charge in [-0.25, -0.2) is 4.98 Å². The maximum Gasteiger partial charge on any atom is 0.256 e. The van der Waals surface area contributed by atoms with E-state index in [4.69, 9.17) is 9.72 Å². The molecule has 5 nitrogen and oxygen atoms in total. The van der Waals surface area contributed by atoms with Crippen molar-refractivity contribution in [3.8, 4) is 17.0 Å². The number of carbonyl (C=O) groups is 1. The highest BCUT2D eigenvalue weighted by Gasteiger charge is 2.17. The van der Waals surface area contributed by atoms with Gasteiger partial charge in [0.15, 0.2) is 0 Å². The lowest BCUT2D eigenvalue weighted by Gasteiger charge is -2.09. The molecule has 2 aromatic heterocycles. The number of hydrogen-bond donors (Lipinski definition) is 1. The van der Waals surface area contributed by atoms with Crippen molar-refractivity contribution in [3.63, 3.8) is 0 Å². The van der Waals surface area contributed by atoms with Crippen LogP contribution >= 0.6 is 0 Å². The number of hydrogen-bond acceptors (Lipinski definition) is 3. The lowest BCUT2D eigenvalue weighted by atomic mass is 10.1. The number of aryl methyl sites for hydroxylation is 2. The van der Waals surface area contributed by atoms with Gasteiger partial charge in [-0.2, -0.15) is 0 Å². The van der Waals surface area contributed by atoms with Crippen molar-refractivity contribution in [2.24, 2.45) is 0 Å². The highest BCUT2D eigenvalue weighted by molar-refractivity contribution is 6.05. The molecule has 146 valence electrons. The number of fused-ring (bicyclic) bond motifs is 1. The summed E-state index contributed by atoms with van der Waals surface area (Å²) in [5, 5.41) is 3.07. The minimum Gasteiger partial charge on any atom is -0.497 e. The summed E-state index contributed by atoms with van der Waals surface area (Å²) in [7, 11) is 1.64. The zero-order chi connectivity index (χ0) is 20.4. The summed E-state index contributed by atoms with van der Waals surface area (Å²) in [5.74, 6) is 1.26. The highest BCUT2D eigenvalue weighted by atomic mass is 16.5. The maximum absolute atomic E-state index is 13.0. The Bertz CT molecular complexity index is 1160. The molecule has 0 saturated carbocycles. The Balaban J connectivity index is 1.77. The van der Waals surface area contributed by atoms with Crippen LogP contribution in [0.1, 0.15) is 28.4 Å². The lowest BCUT2D eigenvalue weighted by Crippen LogP contribution is -2.14. The van der Waals surface area contributed by atoms with E-state index in [1.807, 2.05) is 78.2 Å². The smallest absolute Gasteiger partial charge is 0.256 e. The number of methoxy groups -OCH3 is 1. The number of ether oxygens (including phenoxy) is 1. The first-order chi connectivity index (χ1) is 14.1. The summed E-state index contributed by atoms with van der Waals surface area (Å²) in [4.78, 5) is 17.7. The molecule has 0 fully saturated rings. The largest absolute Gasteiger partial charge is 0.497 e. The fourth-order valence-electron chi connectivity index (χ4n) is 3.29. The molecular weight excluding hydrogens is 362 g/mol. The molecule has 5 heteroatoms. The second kappa shape index (κ2) is 7.80. The molecule has 4 rings (SSSR count). The van der Waals surface area contributed by atoms with Gasteiger partial charge in [-0.15, -0.1) is 0 Å². The molecule has 1 amide bonds. The van der Waals surface area contributed by atoms with E-state index in [2.05, 4.69) is 12.2 Å². The Kier molecular flexibility index (Phi) is 5.04. The third-order valence-corrected chi connectivity index (χ3v) is 4.99. The highest BCUT2D eigenvalue weighted by Crippen LogP contribution is 2.30. The molecule has 0 aliphatic carbocycles. The summed E-state index contributed by atoms with van der Waals surface area (Å²) in [6.45, 7) is 4.11. The zero-order valence-corrected chi connectivity index (χ0v) is 16.8. The van der Waals surface area contributed by atoms with E-state index in [-0.39, 0.29) is 5.91 Å². The third-order valence-electron chi connectivity index (χ3n) is 4.99. The van der Waals surface area contributed by atoms with E-state index >= 15 is 0 Å². The van der Waals surface area contributed by atoms with Crippen molar-refractivity contribution < 1.29 is 9.53 Å². The number of nitrogens with one attached hydrogen (secondary N) is 1. The van der Waals surface area contributed by atoms with E-state index < -0.39 is 0 Å². The summed E-state index contributed by atoms with van der Waals surface area (Å²) in [6.07, 6.45) is 2.92. The normalized spacial score (nSPS) is 10.9. The molecule has 0 bridgehead atoms. The summed E-state index contributed by atoms with van der Waals surface area (Å²) in [6, 6.07) is 19.3. The van der Waals surface area contributed by atoms with Gasteiger partial charge in [-0.05, 0) is 66.9 Å². The van der Waals surface area contributed by atoms with Crippen molar-refractivity contribution in [1.82, 2.24) is 9.38 Å². The molecule has 0 aliphatic rings. The number of amides is 1. The van der Waals surface area contributed by atoms with Gasteiger partial charge in [0.25, 0.3) is 5.91 Å². The predicted octanol–water partition coefficient (Wildman–Crippen LogP) is 5.13. The average molecular weight is 385 g/mol. The van der Waals surface area contributed by atoms with Gasteiger partial charge >= 0.3 is 0 Å². The van der Waals surface area contributed by atoms with Gasteiger partial charge in [0, 0.05) is 17.3 Å². The monoisotopic (exact) mass is 385 g/mol. The Morgan fingerprint density at radius 3 is 2.41 bits per heavy atom. The molecule has 2 aromatic carbocycles. The number of rotatable bonds is 5. The van der Waals surface area contributed by atoms with Crippen molar-refractivity contribution in [1.29, 1.82) is 0 Å². The van der Waals surface area contributed by atoms with Crippen LogP contribution in [-0.2, 0) is 6.42 Å². The molecule has 0 spiro atoms. The molecule has 4 aromatic rings. The Morgan fingerprint density at radius 1 is 1.03 bits per heavy atom. The van der Waals surface area contributed by atoms with Crippen LogP contribution in [0, 0.1) is 6.92 Å². The van der Waals surface area contributed by atoms with Crippen molar-refractivity contribution in [2.45, 2.75) is 20.3 Å². The molecule has 2 heterocycles. The number of nitrogens with zero attached hydrogens (tertiary/aromatic N) is 2. The van der Waals surface area contributed by atoms with Crippen LogP contribution in [-0.4, -0.2) is 22.4 Å². The lowest BCUT2D eigenvalue weighted by molar-refractivity contribution is 0.102. The van der Waals surface area contributed by atoms with Crippen LogP contribution in [0.2, 0.25) is 0 Å². The van der Waals surface area contributed by atoms with E-state index in [0.717, 1.165) is 34.6 Å². The summed E-state index contributed by atoms with van der Waals surface area (Å²) < 4.78 is 7.18. The third kappa shape index (κ3) is 3.72. The number of pyridine rings is 1. The van der Waals surface area contributed by atoms with Gasteiger partial charge in [0.1, 0.15) is 22.9 Å². The maximum atomic E-state index is 13.0. The number of benzene rings is 2. The molecule has 0 aliphatic heterocycles. The molecule has 0 saturated heterocycles. The van der Waals surface area contributed by atoms with Crippen LogP contribution in [0.15, 0.2) is 66.9 Å². The first-order valence-electron chi connectivity index (χ1n) is 9.62. The van der Waals surface area contributed by atoms with Crippen LogP contribution in [0.5, 0.6) is 5.75 Å². The molecule has 1 N–H and O–H groups in total. The topological polar surface area (TPSA) is 55.6 Å². The average Bonchev–Trinajstić information content (AvgIpc) is 3.11. The summed E-state index contributed by atoms with van der Waals surface area (Å²) in [5.41, 5.74) is 5.30. The quantitative estimate of drug-likeness (QED) is 0.518. The number of imidazole rings is 1. The molecular formula is C24H23N3O2. The number of aromatic nitrogens is 2. The number of anilines is 1. The van der Waals surface area contributed by atoms with Crippen LogP contribution in [0.3, 0.4) is 0 Å². The minimum atomic E-state index is -0.161. The predicted molar refractivity (Wildman–Crippen MR) is 116 cm³/mol. The second-order valence-electron chi connectivity index (χ2n) is 6.98. The first kappa shape index (κ1) is 18.7. The van der Waals surface area contributed by atoms with Crippen molar-refractivity contribution in [2.75, 3.05) is 12.4 Å². The standard InChI is InChI=1S/C24H23N3O2/c1-4-17-6-8-19(9-7-17)24(28)26-23-22(18-10-12-20(29-3)13-11-18)25-21-14-5-16(2)15-27(21)23/h5-15H,4H2,1-3H3,(H,26,28). The van der Waals surface area contributed by atoms with E-state index in [1.165, 1.54) is 5.56 Å². The summed E-state index contributed by atoms with van der Waals surface area (Å²) >= 11 is 0. The van der Waals surface area contributed by atoms with Gasteiger partial charge in [0.05, 0.1) is 7.11 Å². The van der Waals surface area contributed by atoms with Crippen molar-refractivity contribution >= 4 is 17.4 Å². The second-order valence-corrected chi connectivity index (χ2v) is 6.98. The molecule has 0 radical (unpaired) electrons. The Morgan fingerprint density at radius 2 is 1.76 bits per heavy atom. The van der Waals surface area contributed by atoms with E-state index in [1.54, 1.807) is 7.11 Å². The van der Waals surface area contributed by atoms with Crippen LogP contribution in [0.25, 0.3) is 16.9 Å². The van der Waals surface area contributed by atoms with E-state index in [9.17, 15) is 4.79 Å². The van der Waals surface area contributed by atoms with Crippen molar-refractivity contribution in [3.05, 3.63) is 83.6 Å². The van der Waals surface area contributed by atoms with Crippen LogP contribution < -0.4 is 10.1 Å². The van der Waals surface area contributed by atoms with Gasteiger partial charge < -0.3 is 10.1 Å². The van der Waals surface area contributed by atoms with Crippen LogP contribution in [0.4, 0.5) is 5.82 Å². The Hall–Kier alpha value is -3.60. The molecule has 0 unspecified atom stereocenters. The Labute approximate surface area is 170 Å². The molecule has 0 atom stereocenters. The van der Waals surface area contributed by atoms with E-state index in [0.29, 0.717) is 11.4 Å². The fourth-order valence-corrected chi connectivity index (χ4v) is 3.29. The minimum absolute atomic E-state index is 0.161. The van der Waals surface area contributed by atoms with Gasteiger partial charge in [-0.1, -0.05) is 25.1 Å². The van der Waals surface area contributed by atoms with Gasteiger partial charge in [-0.3, -0.25) is 9.20 Å². The first-order valence-corrected chi connectivity index (χ1v) is 9.62. The van der Waals surface area contributed by atoms with Gasteiger partial charge in [0.2, 0.25) is 0 Å². The fraction of sp³-hybridized carbons (Fsp3) is 0.167. The SMILES string of the molecule is CCc1ccc(C(=O)Nc2c(-c3ccc(OC)cc3)nc3ccc(C)cn23)cc1. The number of carbonyl (C=O) groups excluding carboxylic acids is 1.